The molecule has 0 spiro atoms. The molecule has 13 nitrogen and oxygen atoms in total. The van der Waals surface area contributed by atoms with Crippen LogP contribution in [0.3, 0.4) is 0 Å². The van der Waals surface area contributed by atoms with Gasteiger partial charge in [0.1, 0.15) is 59.2 Å². The fourth-order valence-electron chi connectivity index (χ4n) is 5.36. The number of fused-ring (bicyclic) bond motifs is 1. The Bertz CT molecular complexity index is 1620. The zero-order valence-corrected chi connectivity index (χ0v) is 23.9. The molecule has 0 saturated carbocycles. The number of esters is 1. The molecule has 7 N–H and O–H groups in total. The van der Waals surface area contributed by atoms with Crippen LogP contribution in [-0.4, -0.2) is 84.6 Å². The molecule has 44 heavy (non-hydrogen) atoms. The van der Waals surface area contributed by atoms with Gasteiger partial charge in [-0.25, -0.2) is 4.79 Å². The molecule has 0 bridgehead atoms. The van der Waals surface area contributed by atoms with E-state index in [4.69, 9.17) is 18.6 Å². The molecule has 2 heterocycles. The highest BCUT2D eigenvalue weighted by molar-refractivity contribution is 5.89. The van der Waals surface area contributed by atoms with Gasteiger partial charge in [0.05, 0.1) is 5.60 Å². The summed E-state index contributed by atoms with van der Waals surface area (Å²) in [5, 5.41) is 71.8. The number of hydrogen-bond acceptors (Lipinski definition) is 13. The van der Waals surface area contributed by atoms with Crippen LogP contribution < -0.4 is 10.2 Å². The number of allylic oxidation sites excluding steroid dienone is 1. The second-order valence-corrected chi connectivity index (χ2v) is 11.6. The van der Waals surface area contributed by atoms with Crippen LogP contribution in [0.4, 0.5) is 0 Å². The summed E-state index contributed by atoms with van der Waals surface area (Å²) in [6, 6.07) is 7.45. The van der Waals surface area contributed by atoms with Gasteiger partial charge in [0, 0.05) is 23.3 Å². The van der Waals surface area contributed by atoms with Gasteiger partial charge in [-0.05, 0) is 63.3 Å². The first-order valence-corrected chi connectivity index (χ1v) is 14.0. The lowest BCUT2D eigenvalue weighted by Crippen LogP contribution is -2.60. The second-order valence-electron chi connectivity index (χ2n) is 11.6. The van der Waals surface area contributed by atoms with Crippen LogP contribution in [0.15, 0.2) is 57.3 Å². The fraction of sp³-hybridized carbons (Fsp3) is 0.419. The van der Waals surface area contributed by atoms with Gasteiger partial charge in [0.15, 0.2) is 5.76 Å². The number of hydrogen-bond donors (Lipinski definition) is 7. The lowest BCUT2D eigenvalue weighted by molar-refractivity contribution is -0.278. The summed E-state index contributed by atoms with van der Waals surface area (Å²) in [5.41, 5.74) is -1.40. The normalized spacial score (nSPS) is 25.8. The largest absolute Gasteiger partial charge is 0.508 e. The molecule has 1 fully saturated rings. The highest BCUT2D eigenvalue weighted by Crippen LogP contribution is 2.38. The Kier molecular flexibility index (Phi) is 8.60. The summed E-state index contributed by atoms with van der Waals surface area (Å²) in [5.74, 6) is -2.56. The van der Waals surface area contributed by atoms with Crippen molar-refractivity contribution in [2.45, 2.75) is 69.4 Å². The molecule has 13 heteroatoms. The summed E-state index contributed by atoms with van der Waals surface area (Å²) in [4.78, 5) is 26.3. The van der Waals surface area contributed by atoms with Crippen molar-refractivity contribution in [2.24, 2.45) is 5.92 Å². The molecule has 2 aromatic carbocycles. The standard InChI is InChI=1S/C31H34O13/c1-31(2,40)16-7-3-15(4-8-16)29(39)41-13-21-23(35)25(37)26(38)30(43-21)44-28-24(36)22-19(34)11-18(33)12-20(22)42-27(28)14-5-9-17(32)10-6-14/h3,5-6,9-12,16,21,23,25-26,30,32-35,37-38,40H,4,7-8,13H2,1-2H3/t16?,21-,23+,25+,26-,30+/m1/s1. The van der Waals surface area contributed by atoms with Gasteiger partial charge < -0.3 is 54.4 Å². The van der Waals surface area contributed by atoms with Crippen LogP contribution >= 0.6 is 0 Å². The Hall–Kier alpha value is -4.14. The number of ether oxygens (including phenoxy) is 3. The monoisotopic (exact) mass is 614 g/mol. The van der Waals surface area contributed by atoms with Gasteiger partial charge in [0.25, 0.3) is 0 Å². The maximum absolute atomic E-state index is 13.6. The predicted molar refractivity (Wildman–Crippen MR) is 153 cm³/mol. The summed E-state index contributed by atoms with van der Waals surface area (Å²) >= 11 is 0. The van der Waals surface area contributed by atoms with Gasteiger partial charge in [-0.1, -0.05) is 6.08 Å². The summed E-state index contributed by atoms with van der Waals surface area (Å²) in [6.45, 7) is 2.88. The van der Waals surface area contributed by atoms with E-state index >= 15 is 0 Å². The van der Waals surface area contributed by atoms with Gasteiger partial charge in [0.2, 0.25) is 17.5 Å². The van der Waals surface area contributed by atoms with E-state index in [0.29, 0.717) is 24.8 Å². The molecular weight excluding hydrogens is 580 g/mol. The molecule has 1 aliphatic heterocycles. The second kappa shape index (κ2) is 12.1. The number of aliphatic hydroxyl groups is 4. The zero-order valence-electron chi connectivity index (χ0n) is 23.9. The number of benzene rings is 2. The lowest BCUT2D eigenvalue weighted by Gasteiger charge is -2.40. The number of rotatable bonds is 7. The van der Waals surface area contributed by atoms with Crippen LogP contribution in [0.25, 0.3) is 22.3 Å². The molecule has 6 atom stereocenters. The Labute approximate surface area is 250 Å². The predicted octanol–water partition coefficient (Wildman–Crippen LogP) is 1.80. The van der Waals surface area contributed by atoms with Crippen molar-refractivity contribution in [1.82, 2.24) is 0 Å². The van der Waals surface area contributed by atoms with Gasteiger partial charge in [-0.3, -0.25) is 4.79 Å². The van der Waals surface area contributed by atoms with Crippen molar-refractivity contribution in [2.75, 3.05) is 6.61 Å². The molecule has 0 amide bonds. The lowest BCUT2D eigenvalue weighted by atomic mass is 9.79. The van der Waals surface area contributed by atoms with Crippen molar-refractivity contribution >= 4 is 16.9 Å². The maximum atomic E-state index is 13.6. The van der Waals surface area contributed by atoms with Crippen molar-refractivity contribution in [1.29, 1.82) is 0 Å². The van der Waals surface area contributed by atoms with Crippen LogP contribution in [0.1, 0.15) is 33.1 Å². The van der Waals surface area contributed by atoms with Crippen LogP contribution in [0.2, 0.25) is 0 Å². The highest BCUT2D eigenvalue weighted by atomic mass is 16.7. The average molecular weight is 615 g/mol. The summed E-state index contributed by atoms with van der Waals surface area (Å²) < 4.78 is 22.6. The van der Waals surface area contributed by atoms with E-state index in [9.17, 15) is 45.3 Å². The highest BCUT2D eigenvalue weighted by Gasteiger charge is 2.46. The molecule has 236 valence electrons. The quantitative estimate of drug-likeness (QED) is 0.189. The van der Waals surface area contributed by atoms with E-state index in [0.717, 1.165) is 12.1 Å². The van der Waals surface area contributed by atoms with Crippen LogP contribution in [0.5, 0.6) is 23.0 Å². The number of carbonyl (C=O) groups excluding carboxylic acids is 1. The molecule has 1 saturated heterocycles. The van der Waals surface area contributed by atoms with Gasteiger partial charge in [-0.2, -0.15) is 0 Å². The Morgan fingerprint density at radius 1 is 1.00 bits per heavy atom. The van der Waals surface area contributed by atoms with E-state index in [-0.39, 0.29) is 39.7 Å². The number of carbonyl (C=O) groups is 1. The SMILES string of the molecule is CC(C)(O)C1CC=C(C(=O)OC[C@H]2O[C@@H](Oc3c(-c4ccc(O)cc4)oc4cc(O)cc(O)c4c3=O)[C@H](O)[C@@H](O)[C@H]2O)CC1. The minimum atomic E-state index is -1.88. The van der Waals surface area contributed by atoms with E-state index in [1.807, 2.05) is 0 Å². The third-order valence-corrected chi connectivity index (χ3v) is 8.00. The van der Waals surface area contributed by atoms with Gasteiger partial charge in [-0.15, -0.1) is 0 Å². The van der Waals surface area contributed by atoms with Crippen LogP contribution in [-0.2, 0) is 14.3 Å². The zero-order chi connectivity index (χ0) is 31.9. The molecule has 5 rings (SSSR count). The maximum Gasteiger partial charge on any atom is 0.333 e. The molecule has 0 radical (unpaired) electrons. The first kappa shape index (κ1) is 31.3. The summed E-state index contributed by atoms with van der Waals surface area (Å²) in [6.07, 6.45) is -5.48. The third-order valence-electron chi connectivity index (χ3n) is 8.00. The van der Waals surface area contributed by atoms with Crippen molar-refractivity contribution < 1.29 is 59.2 Å². The molecule has 1 unspecified atom stereocenters. The Balaban J connectivity index is 1.41. The fourth-order valence-corrected chi connectivity index (χ4v) is 5.36. The first-order chi connectivity index (χ1) is 20.7. The average Bonchev–Trinajstić information content (AvgIpc) is 2.97. The molecular formula is C31H34O13. The van der Waals surface area contributed by atoms with Crippen LogP contribution in [0, 0.1) is 5.92 Å². The minimum absolute atomic E-state index is 0.0242. The van der Waals surface area contributed by atoms with E-state index in [1.165, 1.54) is 24.3 Å². The molecule has 1 aromatic heterocycles. The number of phenolic OH excluding ortho intramolecular Hbond substituents is 3. The number of aromatic hydroxyl groups is 3. The Morgan fingerprint density at radius 3 is 2.34 bits per heavy atom. The molecule has 2 aliphatic rings. The topological polar surface area (TPSA) is 217 Å². The van der Waals surface area contributed by atoms with Crippen molar-refractivity contribution in [3.05, 3.63) is 58.3 Å². The first-order valence-electron chi connectivity index (χ1n) is 14.0. The molecule has 1 aliphatic carbocycles. The smallest absolute Gasteiger partial charge is 0.333 e. The third kappa shape index (κ3) is 6.23. The number of phenols is 3. The van der Waals surface area contributed by atoms with E-state index < -0.39 is 65.8 Å². The van der Waals surface area contributed by atoms with Crippen molar-refractivity contribution in [3.8, 4) is 34.3 Å². The Morgan fingerprint density at radius 2 is 1.70 bits per heavy atom. The van der Waals surface area contributed by atoms with Gasteiger partial charge >= 0.3 is 5.97 Å². The van der Waals surface area contributed by atoms with Crippen molar-refractivity contribution in [3.63, 3.8) is 0 Å². The van der Waals surface area contributed by atoms with E-state index in [1.54, 1.807) is 19.9 Å². The van der Waals surface area contributed by atoms with E-state index in [2.05, 4.69) is 0 Å². The molecule has 3 aromatic rings. The minimum Gasteiger partial charge on any atom is -0.508 e. The summed E-state index contributed by atoms with van der Waals surface area (Å²) in [7, 11) is 0. The number of aliphatic hydroxyl groups excluding tert-OH is 3.